The van der Waals surface area contributed by atoms with Gasteiger partial charge in [0.15, 0.2) is 0 Å². The third-order valence-electron chi connectivity index (χ3n) is 2.38. The van der Waals surface area contributed by atoms with Crippen LogP contribution in [0.25, 0.3) is 11.1 Å². The molecule has 2 aromatic carbocycles. The summed E-state index contributed by atoms with van der Waals surface area (Å²) in [5, 5.41) is 0.780. The molecule has 88 valence electrons. The van der Waals surface area contributed by atoms with Crippen LogP contribution in [0.3, 0.4) is 0 Å². The lowest BCUT2D eigenvalue weighted by molar-refractivity contribution is 1.62. The van der Waals surface area contributed by atoms with E-state index in [1.165, 1.54) is 0 Å². The summed E-state index contributed by atoms with van der Waals surface area (Å²) in [4.78, 5) is 0. The Labute approximate surface area is 124 Å². The summed E-state index contributed by atoms with van der Waals surface area (Å²) in [6.07, 6.45) is 0. The second-order valence-corrected chi connectivity index (χ2v) is 12.8. The molecule has 17 heavy (non-hydrogen) atoms. The zero-order valence-electron chi connectivity index (χ0n) is 8.63. The normalized spacial score (nSPS) is 11.5. The van der Waals surface area contributed by atoms with E-state index >= 15 is 0 Å². The van der Waals surface area contributed by atoms with E-state index in [9.17, 15) is 0 Å². The summed E-state index contributed by atoms with van der Waals surface area (Å²) in [5.74, 6) is 0. The molecule has 2 rings (SSSR count). The first-order valence-electron chi connectivity index (χ1n) is 4.90. The predicted octanol–water partition coefficient (Wildman–Crippen LogP) is 4.98. The predicted molar refractivity (Wildman–Crippen MR) is 82.5 cm³/mol. The Morgan fingerprint density at radius 2 is 1.47 bits per heavy atom. The number of benzene rings is 2. The van der Waals surface area contributed by atoms with Gasteiger partial charge < -0.3 is 0 Å². The lowest BCUT2D eigenvalue weighted by Crippen LogP contribution is -2.31. The molecule has 0 aliphatic rings. The van der Waals surface area contributed by atoms with Crippen molar-refractivity contribution in [2.75, 3.05) is 0 Å². The van der Waals surface area contributed by atoms with E-state index in [0.29, 0.717) is 0 Å². The average Bonchev–Trinajstić information content (AvgIpc) is 2.28. The number of rotatable bonds is 2. The van der Waals surface area contributed by atoms with Gasteiger partial charge in [-0.1, -0.05) is 58.4 Å². The van der Waals surface area contributed by atoms with Crippen molar-refractivity contribution in [2.24, 2.45) is 0 Å². The highest BCUT2D eigenvalue weighted by molar-refractivity contribution is 9.10. The van der Waals surface area contributed by atoms with E-state index in [1.54, 1.807) is 0 Å². The van der Waals surface area contributed by atoms with E-state index < -0.39 is 6.00 Å². The highest BCUT2D eigenvalue weighted by Crippen LogP contribution is 2.27. The monoisotopic (exact) mass is 364 g/mol. The molecule has 0 aromatic heterocycles. The van der Waals surface area contributed by atoms with Crippen molar-refractivity contribution in [1.29, 1.82) is 0 Å². The van der Waals surface area contributed by atoms with Gasteiger partial charge in [-0.25, -0.2) is 0 Å². The average molecular weight is 367 g/mol. The fourth-order valence-electron chi connectivity index (χ4n) is 1.56. The Morgan fingerprint density at radius 1 is 0.824 bits per heavy atom. The molecule has 0 N–H and O–H groups in total. The van der Waals surface area contributed by atoms with Gasteiger partial charge >= 0.3 is 6.00 Å². The van der Waals surface area contributed by atoms with Gasteiger partial charge in [0.25, 0.3) is 0 Å². The highest BCUT2D eigenvalue weighted by Gasteiger charge is 2.30. The van der Waals surface area contributed by atoms with Gasteiger partial charge in [-0.3, -0.25) is 0 Å². The molecular formula is C12H8BrCl3Si. The van der Waals surface area contributed by atoms with Gasteiger partial charge in [-0.15, -0.1) is 33.2 Å². The van der Waals surface area contributed by atoms with E-state index in [4.69, 9.17) is 33.2 Å². The third-order valence-corrected chi connectivity index (χ3v) is 6.28. The summed E-state index contributed by atoms with van der Waals surface area (Å²) in [6.45, 7) is 0. The van der Waals surface area contributed by atoms with Crippen molar-refractivity contribution in [2.45, 2.75) is 0 Å². The molecule has 0 atom stereocenters. The topological polar surface area (TPSA) is 0 Å². The number of hydrogen-bond donors (Lipinski definition) is 0. The Kier molecular flexibility index (Phi) is 4.21. The second-order valence-electron chi connectivity index (χ2n) is 3.56. The van der Waals surface area contributed by atoms with E-state index in [1.807, 2.05) is 48.5 Å². The summed E-state index contributed by atoms with van der Waals surface area (Å²) in [6, 6.07) is 13.1. The zero-order valence-corrected chi connectivity index (χ0v) is 13.5. The standard InChI is InChI=1S/C12H8BrCl3Si/c13-11-8-10(9-4-2-1-3-5-9)6-7-12(11)17(14,15)16/h1-8H. The lowest BCUT2D eigenvalue weighted by Gasteiger charge is -2.12. The van der Waals surface area contributed by atoms with Gasteiger partial charge in [0.2, 0.25) is 0 Å². The largest absolute Gasteiger partial charge is 0.374 e. The van der Waals surface area contributed by atoms with Crippen LogP contribution in [0.2, 0.25) is 0 Å². The van der Waals surface area contributed by atoms with Crippen LogP contribution in [0, 0.1) is 0 Å². The summed E-state index contributed by atoms with van der Waals surface area (Å²) < 4.78 is 0.852. The van der Waals surface area contributed by atoms with Crippen LogP contribution in [0.1, 0.15) is 0 Å². The molecule has 0 bridgehead atoms. The molecule has 0 fully saturated rings. The van der Waals surface area contributed by atoms with Gasteiger partial charge in [-0.2, -0.15) is 0 Å². The first-order valence-corrected chi connectivity index (χ1v) is 10.7. The smallest absolute Gasteiger partial charge is 0.121 e. The van der Waals surface area contributed by atoms with Crippen molar-refractivity contribution < 1.29 is 0 Å². The minimum absolute atomic E-state index is 0.780. The lowest BCUT2D eigenvalue weighted by atomic mass is 10.1. The minimum atomic E-state index is -2.83. The maximum absolute atomic E-state index is 6.00. The van der Waals surface area contributed by atoms with Crippen molar-refractivity contribution in [3.63, 3.8) is 0 Å². The maximum Gasteiger partial charge on any atom is 0.374 e. The Bertz CT molecular complexity index is 523. The minimum Gasteiger partial charge on any atom is -0.121 e. The Morgan fingerprint density at radius 3 is 2.00 bits per heavy atom. The van der Waals surface area contributed by atoms with Gasteiger partial charge in [0.1, 0.15) is 0 Å². The molecule has 0 nitrogen and oxygen atoms in total. The van der Waals surface area contributed by atoms with Crippen LogP contribution < -0.4 is 5.19 Å². The van der Waals surface area contributed by atoms with Crippen molar-refractivity contribution in [1.82, 2.24) is 0 Å². The SMILES string of the molecule is Cl[Si](Cl)(Cl)c1ccc(-c2ccccc2)cc1Br. The molecule has 0 saturated carbocycles. The van der Waals surface area contributed by atoms with Crippen LogP contribution >= 0.6 is 49.2 Å². The molecule has 0 spiro atoms. The van der Waals surface area contributed by atoms with Crippen molar-refractivity contribution in [3.05, 3.63) is 53.0 Å². The Balaban J connectivity index is 2.45. The van der Waals surface area contributed by atoms with Crippen LogP contribution in [-0.4, -0.2) is 6.00 Å². The second kappa shape index (κ2) is 5.33. The molecule has 0 radical (unpaired) electrons. The van der Waals surface area contributed by atoms with Crippen molar-refractivity contribution in [3.8, 4) is 11.1 Å². The summed E-state index contributed by atoms with van der Waals surface area (Å²) in [7, 11) is 0. The zero-order chi connectivity index (χ0) is 12.5. The molecule has 0 saturated heterocycles. The quantitative estimate of drug-likeness (QED) is 0.519. The van der Waals surface area contributed by atoms with Crippen LogP contribution in [0.5, 0.6) is 0 Å². The summed E-state index contributed by atoms with van der Waals surface area (Å²) in [5.41, 5.74) is 2.25. The fourth-order valence-corrected chi connectivity index (χ4v) is 5.95. The van der Waals surface area contributed by atoms with Crippen LogP contribution in [0.15, 0.2) is 53.0 Å². The van der Waals surface area contributed by atoms with Gasteiger partial charge in [0, 0.05) is 4.47 Å². The van der Waals surface area contributed by atoms with Crippen LogP contribution in [-0.2, 0) is 0 Å². The number of hydrogen-bond acceptors (Lipinski definition) is 0. The van der Waals surface area contributed by atoms with Gasteiger partial charge in [0.05, 0.1) is 0 Å². The molecular weight excluding hydrogens is 358 g/mol. The first kappa shape index (κ1) is 13.4. The summed E-state index contributed by atoms with van der Waals surface area (Å²) >= 11 is 21.5. The molecule has 0 unspecified atom stereocenters. The van der Waals surface area contributed by atoms with Crippen molar-refractivity contribution >= 4 is 60.4 Å². The molecule has 0 heterocycles. The maximum atomic E-state index is 6.00. The Hall–Kier alpha value is 0.00688. The fraction of sp³-hybridized carbons (Fsp3) is 0. The highest BCUT2D eigenvalue weighted by atomic mass is 79.9. The molecule has 0 aliphatic heterocycles. The molecule has 0 aliphatic carbocycles. The van der Waals surface area contributed by atoms with Gasteiger partial charge in [-0.05, 0) is 22.4 Å². The molecule has 5 heteroatoms. The third kappa shape index (κ3) is 3.27. The molecule has 2 aromatic rings. The first-order chi connectivity index (χ1) is 7.98. The van der Waals surface area contributed by atoms with Crippen LogP contribution in [0.4, 0.5) is 0 Å². The van der Waals surface area contributed by atoms with E-state index in [0.717, 1.165) is 20.8 Å². The molecule has 0 amide bonds. The number of halogens is 4. The van der Waals surface area contributed by atoms with E-state index in [2.05, 4.69) is 15.9 Å². The van der Waals surface area contributed by atoms with E-state index in [-0.39, 0.29) is 0 Å².